The number of methoxy groups -OCH3 is 1. The first-order valence-corrected chi connectivity index (χ1v) is 7.13. The minimum atomic E-state index is -3.51. The number of pyridine rings is 1. The van der Waals surface area contributed by atoms with Gasteiger partial charge in [-0.3, -0.25) is 4.98 Å². The van der Waals surface area contributed by atoms with Gasteiger partial charge in [0.15, 0.2) is 0 Å². The van der Waals surface area contributed by atoms with Crippen LogP contribution in [0, 0.1) is 0 Å². The largest absolute Gasteiger partial charge is 0.497 e. The monoisotopic (exact) mass is 278 g/mol. The second kappa shape index (κ2) is 5.81. The molecule has 0 aliphatic carbocycles. The van der Waals surface area contributed by atoms with Crippen molar-refractivity contribution < 1.29 is 13.2 Å². The normalized spacial score (nSPS) is 11.2. The molecule has 0 aliphatic rings. The van der Waals surface area contributed by atoms with Crippen LogP contribution in [0.2, 0.25) is 0 Å². The molecule has 0 saturated carbocycles. The van der Waals surface area contributed by atoms with Crippen LogP contribution in [-0.2, 0) is 16.6 Å². The van der Waals surface area contributed by atoms with E-state index in [4.69, 9.17) is 4.74 Å². The maximum atomic E-state index is 12.0. The molecule has 0 saturated heterocycles. The number of hydrogen-bond donors (Lipinski definition) is 1. The van der Waals surface area contributed by atoms with E-state index in [1.165, 1.54) is 19.2 Å². The van der Waals surface area contributed by atoms with Crippen LogP contribution in [0.25, 0.3) is 0 Å². The molecule has 6 heteroatoms. The van der Waals surface area contributed by atoms with Gasteiger partial charge in [-0.05, 0) is 42.0 Å². The lowest BCUT2D eigenvalue weighted by molar-refractivity contribution is 0.414. The summed E-state index contributed by atoms with van der Waals surface area (Å²) in [7, 11) is -1.98. The third-order valence-corrected chi connectivity index (χ3v) is 4.00. The standard InChI is InChI=1S/C13H14N2O3S/c1-18-12-2-4-13(5-3-12)19(16,17)15-10-11-6-8-14-9-7-11/h2-9,15H,10H2,1H3. The zero-order valence-electron chi connectivity index (χ0n) is 10.4. The Morgan fingerprint density at radius 3 is 2.32 bits per heavy atom. The van der Waals surface area contributed by atoms with E-state index < -0.39 is 10.0 Å². The van der Waals surface area contributed by atoms with Crippen LogP contribution < -0.4 is 9.46 Å². The zero-order chi connectivity index (χ0) is 13.7. The Bertz CT molecular complexity index is 625. The van der Waals surface area contributed by atoms with Crippen LogP contribution >= 0.6 is 0 Å². The maximum Gasteiger partial charge on any atom is 0.240 e. The highest BCUT2D eigenvalue weighted by Crippen LogP contribution is 2.15. The number of nitrogens with zero attached hydrogens (tertiary/aromatic N) is 1. The first-order valence-electron chi connectivity index (χ1n) is 5.64. The van der Waals surface area contributed by atoms with Crippen LogP contribution in [0.5, 0.6) is 5.75 Å². The topological polar surface area (TPSA) is 68.3 Å². The second-order valence-corrected chi connectivity index (χ2v) is 5.62. The average Bonchev–Trinajstić information content (AvgIpc) is 2.46. The molecule has 0 radical (unpaired) electrons. The third-order valence-electron chi connectivity index (χ3n) is 2.59. The van der Waals surface area contributed by atoms with Gasteiger partial charge in [-0.25, -0.2) is 13.1 Å². The molecule has 100 valence electrons. The summed E-state index contributed by atoms with van der Waals surface area (Å²) in [5.74, 6) is 0.619. The summed E-state index contributed by atoms with van der Waals surface area (Å²) in [5, 5.41) is 0. The quantitative estimate of drug-likeness (QED) is 0.901. The Hall–Kier alpha value is -1.92. The van der Waals surface area contributed by atoms with Crippen LogP contribution in [0.3, 0.4) is 0 Å². The van der Waals surface area contributed by atoms with Crippen molar-refractivity contribution in [3.8, 4) is 5.75 Å². The van der Waals surface area contributed by atoms with E-state index in [0.717, 1.165) is 5.56 Å². The van der Waals surface area contributed by atoms with Gasteiger partial charge in [0.05, 0.1) is 12.0 Å². The number of rotatable bonds is 5. The molecule has 19 heavy (non-hydrogen) atoms. The molecule has 0 fully saturated rings. The van der Waals surface area contributed by atoms with E-state index in [1.807, 2.05) is 0 Å². The first-order chi connectivity index (χ1) is 9.12. The molecule has 0 amide bonds. The van der Waals surface area contributed by atoms with E-state index in [1.54, 1.807) is 36.7 Å². The van der Waals surface area contributed by atoms with Crippen LogP contribution in [0.4, 0.5) is 0 Å². The van der Waals surface area contributed by atoms with Gasteiger partial charge in [0.25, 0.3) is 0 Å². The molecule has 0 unspecified atom stereocenters. The van der Waals surface area contributed by atoms with Gasteiger partial charge >= 0.3 is 0 Å². The van der Waals surface area contributed by atoms with Gasteiger partial charge < -0.3 is 4.74 Å². The number of hydrogen-bond acceptors (Lipinski definition) is 4. The minimum Gasteiger partial charge on any atom is -0.497 e. The Labute approximate surface area is 112 Å². The molecule has 1 aromatic heterocycles. The van der Waals surface area contributed by atoms with Crippen LogP contribution in [-0.4, -0.2) is 20.5 Å². The average molecular weight is 278 g/mol. The lowest BCUT2D eigenvalue weighted by Crippen LogP contribution is -2.23. The number of sulfonamides is 1. The maximum absolute atomic E-state index is 12.0. The third kappa shape index (κ3) is 3.52. The van der Waals surface area contributed by atoms with Gasteiger partial charge in [-0.15, -0.1) is 0 Å². The summed E-state index contributed by atoms with van der Waals surface area (Å²) in [6.45, 7) is 0.233. The predicted octanol–water partition coefficient (Wildman–Crippen LogP) is 1.57. The highest BCUT2D eigenvalue weighted by molar-refractivity contribution is 7.89. The molecule has 2 rings (SSSR count). The molecule has 5 nitrogen and oxygen atoms in total. The smallest absolute Gasteiger partial charge is 0.240 e. The lowest BCUT2D eigenvalue weighted by Gasteiger charge is -2.07. The highest BCUT2D eigenvalue weighted by Gasteiger charge is 2.13. The summed E-state index contributed by atoms with van der Waals surface area (Å²) >= 11 is 0. The van der Waals surface area contributed by atoms with Gasteiger partial charge in [-0.1, -0.05) is 0 Å². The second-order valence-electron chi connectivity index (χ2n) is 3.86. The summed E-state index contributed by atoms with van der Waals surface area (Å²) in [6, 6.07) is 9.76. The summed E-state index contributed by atoms with van der Waals surface area (Å²) in [6.07, 6.45) is 3.24. The van der Waals surface area contributed by atoms with Crippen molar-refractivity contribution in [1.29, 1.82) is 0 Å². The molecule has 0 aliphatic heterocycles. The zero-order valence-corrected chi connectivity index (χ0v) is 11.2. The van der Waals surface area contributed by atoms with E-state index >= 15 is 0 Å². The molecular weight excluding hydrogens is 264 g/mol. The molecule has 0 bridgehead atoms. The molecule has 1 aromatic carbocycles. The van der Waals surface area contributed by atoms with Crippen molar-refractivity contribution in [3.63, 3.8) is 0 Å². The Kier molecular flexibility index (Phi) is 4.13. The van der Waals surface area contributed by atoms with Crippen molar-refractivity contribution in [3.05, 3.63) is 54.4 Å². The van der Waals surface area contributed by atoms with Crippen LogP contribution in [0.1, 0.15) is 5.56 Å². The summed E-state index contributed by atoms with van der Waals surface area (Å²) < 4.78 is 31.6. The number of benzene rings is 1. The summed E-state index contributed by atoms with van der Waals surface area (Å²) in [5.41, 5.74) is 0.854. The molecule has 0 spiro atoms. The number of nitrogens with one attached hydrogen (secondary N) is 1. The molecule has 2 aromatic rings. The Balaban J connectivity index is 2.09. The number of ether oxygens (including phenoxy) is 1. The lowest BCUT2D eigenvalue weighted by atomic mass is 10.3. The SMILES string of the molecule is COc1ccc(S(=O)(=O)NCc2ccncc2)cc1. The molecular formula is C13H14N2O3S. The van der Waals surface area contributed by atoms with Crippen molar-refractivity contribution >= 4 is 10.0 Å². The molecule has 0 atom stereocenters. The van der Waals surface area contributed by atoms with Crippen molar-refractivity contribution in [2.45, 2.75) is 11.4 Å². The van der Waals surface area contributed by atoms with Gasteiger partial charge in [0.2, 0.25) is 10.0 Å². The van der Waals surface area contributed by atoms with Crippen molar-refractivity contribution in [1.82, 2.24) is 9.71 Å². The fraction of sp³-hybridized carbons (Fsp3) is 0.154. The predicted molar refractivity (Wildman–Crippen MR) is 71.3 cm³/mol. The Morgan fingerprint density at radius 1 is 1.11 bits per heavy atom. The fourth-order valence-electron chi connectivity index (χ4n) is 1.52. The van der Waals surface area contributed by atoms with E-state index in [-0.39, 0.29) is 11.4 Å². The Morgan fingerprint density at radius 2 is 1.74 bits per heavy atom. The van der Waals surface area contributed by atoms with Crippen molar-refractivity contribution in [2.24, 2.45) is 0 Å². The van der Waals surface area contributed by atoms with Gasteiger partial charge in [-0.2, -0.15) is 0 Å². The molecule has 1 heterocycles. The van der Waals surface area contributed by atoms with Gasteiger partial charge in [0, 0.05) is 18.9 Å². The van der Waals surface area contributed by atoms with Crippen LogP contribution in [0.15, 0.2) is 53.7 Å². The molecule has 1 N–H and O–H groups in total. The fourth-order valence-corrected chi connectivity index (χ4v) is 2.53. The van der Waals surface area contributed by atoms with E-state index in [9.17, 15) is 8.42 Å². The van der Waals surface area contributed by atoms with Crippen molar-refractivity contribution in [2.75, 3.05) is 7.11 Å². The van der Waals surface area contributed by atoms with E-state index in [2.05, 4.69) is 9.71 Å². The highest BCUT2D eigenvalue weighted by atomic mass is 32.2. The first kappa shape index (κ1) is 13.5. The van der Waals surface area contributed by atoms with Gasteiger partial charge in [0.1, 0.15) is 5.75 Å². The number of aromatic nitrogens is 1. The summed E-state index contributed by atoms with van der Waals surface area (Å²) in [4.78, 5) is 4.09. The van der Waals surface area contributed by atoms with E-state index in [0.29, 0.717) is 5.75 Å². The minimum absolute atomic E-state index is 0.211.